The van der Waals surface area contributed by atoms with Gasteiger partial charge >= 0.3 is 5.97 Å². The Hall–Kier alpha value is -3.16. The van der Waals surface area contributed by atoms with Crippen LogP contribution in [0.1, 0.15) is 27.0 Å². The number of benzene rings is 3. The zero-order chi connectivity index (χ0) is 23.1. The third-order valence-electron chi connectivity index (χ3n) is 4.51. The lowest BCUT2D eigenvalue weighted by molar-refractivity contribution is -0.123. The number of hydrogen-bond acceptors (Lipinski definition) is 5. The third-order valence-corrected chi connectivity index (χ3v) is 5.33. The van der Waals surface area contributed by atoms with Crippen LogP contribution in [0.5, 0.6) is 11.5 Å². The number of aryl methyl sites for hydroxylation is 2. The molecule has 0 saturated heterocycles. The number of carbonyl (C=O) groups excluding carboxylic acids is 2. The summed E-state index contributed by atoms with van der Waals surface area (Å²) in [5.41, 5.74) is 5.35. The second-order valence-electron chi connectivity index (χ2n) is 6.88. The van der Waals surface area contributed by atoms with Crippen LogP contribution in [0.2, 0.25) is 5.02 Å². The highest BCUT2D eigenvalue weighted by atomic mass is 79.9. The highest BCUT2D eigenvalue weighted by Crippen LogP contribution is 2.24. The fourth-order valence-electron chi connectivity index (χ4n) is 2.65. The first kappa shape index (κ1) is 23.5. The lowest BCUT2D eigenvalue weighted by atomic mass is 10.1. The Morgan fingerprint density at radius 3 is 2.59 bits per heavy atom. The van der Waals surface area contributed by atoms with Crippen molar-refractivity contribution in [2.75, 3.05) is 6.61 Å². The molecule has 1 N–H and O–H groups in total. The van der Waals surface area contributed by atoms with Crippen LogP contribution in [-0.2, 0) is 4.79 Å². The van der Waals surface area contributed by atoms with Gasteiger partial charge in [0.25, 0.3) is 5.91 Å². The topological polar surface area (TPSA) is 77.0 Å². The minimum Gasteiger partial charge on any atom is -0.484 e. The van der Waals surface area contributed by atoms with E-state index in [0.29, 0.717) is 16.3 Å². The zero-order valence-electron chi connectivity index (χ0n) is 17.4. The minimum absolute atomic E-state index is 0.188. The molecule has 0 aliphatic heterocycles. The van der Waals surface area contributed by atoms with Crippen LogP contribution < -0.4 is 14.9 Å². The Morgan fingerprint density at radius 1 is 1.06 bits per heavy atom. The van der Waals surface area contributed by atoms with Crippen molar-refractivity contribution in [3.05, 3.63) is 92.4 Å². The van der Waals surface area contributed by atoms with Crippen molar-refractivity contribution >= 4 is 45.6 Å². The summed E-state index contributed by atoms with van der Waals surface area (Å²) in [5, 5.41) is 4.23. The lowest BCUT2D eigenvalue weighted by Crippen LogP contribution is -2.24. The highest BCUT2D eigenvalue weighted by molar-refractivity contribution is 9.10. The molecule has 0 aliphatic carbocycles. The first-order valence-electron chi connectivity index (χ1n) is 9.61. The van der Waals surface area contributed by atoms with Gasteiger partial charge in [-0.15, -0.1) is 0 Å². The number of halogens is 2. The van der Waals surface area contributed by atoms with Crippen LogP contribution in [-0.4, -0.2) is 24.7 Å². The highest BCUT2D eigenvalue weighted by Gasteiger charge is 2.14. The van der Waals surface area contributed by atoms with Crippen LogP contribution in [0, 0.1) is 13.8 Å². The smallest absolute Gasteiger partial charge is 0.345 e. The standard InChI is InChI=1S/C24H20BrClN2O4/c1-15-7-9-19(11-16(15)2)31-14-23(29)28-27-13-17-12-18(25)8-10-22(17)32-24(30)20-5-3-4-6-21(20)26/h3-13H,14H2,1-2H3,(H,28,29)/b27-13+. The number of nitrogens with one attached hydrogen (secondary N) is 1. The molecule has 0 saturated carbocycles. The number of hydrazone groups is 1. The van der Waals surface area contributed by atoms with E-state index in [1.165, 1.54) is 6.21 Å². The molecule has 0 aliphatic rings. The van der Waals surface area contributed by atoms with Gasteiger partial charge in [0.15, 0.2) is 6.61 Å². The second-order valence-corrected chi connectivity index (χ2v) is 8.20. The fourth-order valence-corrected chi connectivity index (χ4v) is 3.25. The van der Waals surface area contributed by atoms with E-state index in [1.54, 1.807) is 48.5 Å². The molecule has 0 fully saturated rings. The monoisotopic (exact) mass is 514 g/mol. The van der Waals surface area contributed by atoms with Crippen molar-refractivity contribution < 1.29 is 19.1 Å². The van der Waals surface area contributed by atoms with Gasteiger partial charge < -0.3 is 9.47 Å². The number of amides is 1. The van der Waals surface area contributed by atoms with Gasteiger partial charge in [0, 0.05) is 10.0 Å². The second kappa shape index (κ2) is 10.9. The quantitative estimate of drug-likeness (QED) is 0.196. The lowest BCUT2D eigenvalue weighted by Gasteiger charge is -2.09. The van der Waals surface area contributed by atoms with Gasteiger partial charge in [0.1, 0.15) is 11.5 Å². The number of rotatable bonds is 7. The Labute approximate surface area is 199 Å². The van der Waals surface area contributed by atoms with Crippen molar-refractivity contribution in [2.24, 2.45) is 5.10 Å². The zero-order valence-corrected chi connectivity index (χ0v) is 19.7. The molecule has 3 aromatic rings. The number of carbonyl (C=O) groups is 2. The summed E-state index contributed by atoms with van der Waals surface area (Å²) in [7, 11) is 0. The van der Waals surface area contributed by atoms with Gasteiger partial charge in [-0.3, -0.25) is 4.79 Å². The molecule has 0 bridgehead atoms. The molecule has 164 valence electrons. The van der Waals surface area contributed by atoms with Gasteiger partial charge in [-0.1, -0.05) is 45.7 Å². The summed E-state index contributed by atoms with van der Waals surface area (Å²) >= 11 is 9.44. The summed E-state index contributed by atoms with van der Waals surface area (Å²) in [6, 6.07) is 17.3. The molecule has 0 aromatic heterocycles. The fraction of sp³-hybridized carbons (Fsp3) is 0.125. The minimum atomic E-state index is -0.599. The molecule has 0 radical (unpaired) electrons. The normalized spacial score (nSPS) is 10.8. The third kappa shape index (κ3) is 6.42. The molecule has 8 heteroatoms. The Kier molecular flexibility index (Phi) is 8.03. The molecule has 1 amide bonds. The molecule has 3 aromatic carbocycles. The number of hydrogen-bond donors (Lipinski definition) is 1. The van der Waals surface area contributed by atoms with Crippen LogP contribution in [0.4, 0.5) is 0 Å². The predicted molar refractivity (Wildman–Crippen MR) is 128 cm³/mol. The van der Waals surface area contributed by atoms with E-state index in [-0.39, 0.29) is 17.9 Å². The molecule has 3 rings (SSSR count). The van der Waals surface area contributed by atoms with Crippen LogP contribution in [0.15, 0.2) is 70.2 Å². The number of esters is 1. The molecular weight excluding hydrogens is 496 g/mol. The van der Waals surface area contributed by atoms with Crippen LogP contribution in [0.25, 0.3) is 0 Å². The number of nitrogens with zero attached hydrogens (tertiary/aromatic N) is 1. The predicted octanol–water partition coefficient (Wildman–Crippen LogP) is 5.47. The molecular formula is C24H20BrClN2O4. The van der Waals surface area contributed by atoms with Gasteiger partial charge in [-0.2, -0.15) is 5.10 Å². The summed E-state index contributed by atoms with van der Waals surface area (Å²) in [4.78, 5) is 24.5. The van der Waals surface area contributed by atoms with Gasteiger partial charge in [-0.05, 0) is 67.4 Å². The Balaban J connectivity index is 1.63. The van der Waals surface area contributed by atoms with Gasteiger partial charge in [0.05, 0.1) is 16.8 Å². The summed E-state index contributed by atoms with van der Waals surface area (Å²) in [5.74, 6) is -0.155. The SMILES string of the molecule is Cc1ccc(OCC(=O)N/N=C/c2cc(Br)ccc2OC(=O)c2ccccc2Cl)cc1C. The van der Waals surface area contributed by atoms with E-state index in [2.05, 4.69) is 26.5 Å². The summed E-state index contributed by atoms with van der Waals surface area (Å²) in [6.45, 7) is 3.79. The maximum absolute atomic E-state index is 12.5. The van der Waals surface area contributed by atoms with E-state index in [0.717, 1.165) is 15.6 Å². The number of ether oxygens (including phenoxy) is 2. The van der Waals surface area contributed by atoms with Crippen molar-refractivity contribution in [1.29, 1.82) is 0 Å². The average Bonchev–Trinajstić information content (AvgIpc) is 2.76. The van der Waals surface area contributed by atoms with Gasteiger partial charge in [0.2, 0.25) is 0 Å². The molecule has 0 unspecified atom stereocenters. The largest absolute Gasteiger partial charge is 0.484 e. The van der Waals surface area contributed by atoms with Crippen LogP contribution >= 0.6 is 27.5 Å². The van der Waals surface area contributed by atoms with E-state index in [4.69, 9.17) is 21.1 Å². The first-order chi connectivity index (χ1) is 15.3. The molecule has 0 atom stereocenters. The van der Waals surface area contributed by atoms with Crippen molar-refractivity contribution in [1.82, 2.24) is 5.43 Å². The summed E-state index contributed by atoms with van der Waals surface area (Å²) in [6.07, 6.45) is 1.38. The van der Waals surface area contributed by atoms with Gasteiger partial charge in [-0.25, -0.2) is 10.2 Å². The first-order valence-corrected chi connectivity index (χ1v) is 10.8. The molecule has 32 heavy (non-hydrogen) atoms. The molecule has 6 nitrogen and oxygen atoms in total. The van der Waals surface area contributed by atoms with E-state index >= 15 is 0 Å². The van der Waals surface area contributed by atoms with Crippen molar-refractivity contribution in [2.45, 2.75) is 13.8 Å². The van der Waals surface area contributed by atoms with Crippen molar-refractivity contribution in [3.8, 4) is 11.5 Å². The van der Waals surface area contributed by atoms with E-state index in [1.807, 2.05) is 26.0 Å². The average molecular weight is 516 g/mol. The van der Waals surface area contributed by atoms with E-state index in [9.17, 15) is 9.59 Å². The maximum atomic E-state index is 12.5. The van der Waals surface area contributed by atoms with Crippen molar-refractivity contribution in [3.63, 3.8) is 0 Å². The Morgan fingerprint density at radius 2 is 1.84 bits per heavy atom. The maximum Gasteiger partial charge on any atom is 0.345 e. The Bertz CT molecular complexity index is 1180. The van der Waals surface area contributed by atoms with E-state index < -0.39 is 11.9 Å². The van der Waals surface area contributed by atoms with Crippen LogP contribution in [0.3, 0.4) is 0 Å². The molecule has 0 spiro atoms. The molecule has 0 heterocycles. The summed E-state index contributed by atoms with van der Waals surface area (Å²) < 4.78 is 11.7.